The molecule has 1 aliphatic rings. The number of guanidine groups is 1. The molecule has 1 aromatic carbocycles. The number of nitriles is 1. The van der Waals surface area contributed by atoms with Gasteiger partial charge in [-0.05, 0) is 55.9 Å². The largest absolute Gasteiger partial charge is 0.382 e. The van der Waals surface area contributed by atoms with Gasteiger partial charge in [0.25, 0.3) is 0 Å². The van der Waals surface area contributed by atoms with Crippen LogP contribution in [0.15, 0.2) is 29.3 Å². The number of aliphatic imine (C=N–C) groups is 1. The third kappa shape index (κ3) is 5.59. The van der Waals surface area contributed by atoms with Crippen LogP contribution in [0.5, 0.6) is 0 Å². The molecule has 0 unspecified atom stereocenters. The van der Waals surface area contributed by atoms with Crippen molar-refractivity contribution in [2.45, 2.75) is 32.6 Å². The van der Waals surface area contributed by atoms with Gasteiger partial charge in [-0.15, -0.1) is 24.0 Å². The number of piperidine rings is 1. The fourth-order valence-electron chi connectivity index (χ4n) is 3.33. The van der Waals surface area contributed by atoms with Gasteiger partial charge in [-0.3, -0.25) is 4.99 Å². The highest BCUT2D eigenvalue weighted by atomic mass is 127. The quantitative estimate of drug-likeness (QED) is 0.278. The maximum Gasteiger partial charge on any atom is 0.191 e. The molecule has 0 atom stereocenters. The highest BCUT2D eigenvalue weighted by molar-refractivity contribution is 14.0. The Balaban J connectivity index is 0.00000300. The lowest BCUT2D eigenvalue weighted by atomic mass is 10.00. The van der Waals surface area contributed by atoms with Gasteiger partial charge in [0.1, 0.15) is 23.3 Å². The number of nitrogens with two attached hydrogens (primary N) is 2. The number of aryl methyl sites for hydroxylation is 1. The number of likely N-dealkylation sites (tertiary alicyclic amines) is 1. The predicted molar refractivity (Wildman–Crippen MR) is 123 cm³/mol. The third-order valence-corrected chi connectivity index (χ3v) is 5.13. The smallest absolute Gasteiger partial charge is 0.191 e. The van der Waals surface area contributed by atoms with Crippen LogP contribution in [0.4, 0.5) is 10.2 Å². The van der Waals surface area contributed by atoms with E-state index in [-0.39, 0.29) is 35.6 Å². The average molecular weight is 511 g/mol. The standard InChI is InChI=1S/C20H26FN7.HI/c1-14-8-11-27(12-9-14)20(24)25-10-2-3-18-17(13-22)19(23)28(26-18)16-6-4-15(21)5-7-16;/h4-7,14H,2-3,8-12,23H2,1H3,(H2,24,25);1H. The third-order valence-electron chi connectivity index (χ3n) is 5.13. The summed E-state index contributed by atoms with van der Waals surface area (Å²) in [5.74, 6) is 1.25. The number of nitrogen functional groups attached to an aromatic ring is 1. The normalized spacial score (nSPS) is 15.1. The minimum absolute atomic E-state index is 0. The number of anilines is 1. The van der Waals surface area contributed by atoms with Crippen molar-refractivity contribution in [3.8, 4) is 11.8 Å². The van der Waals surface area contributed by atoms with Crippen LogP contribution in [0.1, 0.15) is 37.4 Å². The zero-order valence-corrected chi connectivity index (χ0v) is 18.8. The Hall–Kier alpha value is -2.35. The molecule has 0 saturated carbocycles. The minimum atomic E-state index is -0.339. The zero-order valence-electron chi connectivity index (χ0n) is 16.5. The first kappa shape index (κ1) is 22.9. The zero-order chi connectivity index (χ0) is 20.1. The van der Waals surface area contributed by atoms with E-state index in [1.54, 1.807) is 12.1 Å². The van der Waals surface area contributed by atoms with Crippen LogP contribution in [0, 0.1) is 23.1 Å². The van der Waals surface area contributed by atoms with Crippen LogP contribution in [0.2, 0.25) is 0 Å². The molecule has 156 valence electrons. The summed E-state index contributed by atoms with van der Waals surface area (Å²) in [7, 11) is 0. The lowest BCUT2D eigenvalue weighted by Gasteiger charge is -2.31. The highest BCUT2D eigenvalue weighted by Gasteiger charge is 2.18. The van der Waals surface area contributed by atoms with E-state index in [0.717, 1.165) is 31.8 Å². The van der Waals surface area contributed by atoms with Crippen LogP contribution < -0.4 is 11.5 Å². The number of rotatable bonds is 5. The van der Waals surface area contributed by atoms with Gasteiger partial charge in [0.2, 0.25) is 0 Å². The van der Waals surface area contributed by atoms with Gasteiger partial charge in [0.05, 0.1) is 11.4 Å². The first-order chi connectivity index (χ1) is 13.5. The van der Waals surface area contributed by atoms with Crippen molar-refractivity contribution in [2.24, 2.45) is 16.6 Å². The highest BCUT2D eigenvalue weighted by Crippen LogP contribution is 2.22. The molecule has 0 radical (unpaired) electrons. The van der Waals surface area contributed by atoms with Gasteiger partial charge >= 0.3 is 0 Å². The molecule has 1 saturated heterocycles. The second-order valence-corrected chi connectivity index (χ2v) is 7.22. The van der Waals surface area contributed by atoms with E-state index < -0.39 is 0 Å². The molecule has 2 aromatic rings. The van der Waals surface area contributed by atoms with Crippen molar-refractivity contribution in [1.82, 2.24) is 14.7 Å². The molecule has 9 heteroatoms. The van der Waals surface area contributed by atoms with Crippen molar-refractivity contribution in [1.29, 1.82) is 5.26 Å². The van der Waals surface area contributed by atoms with E-state index >= 15 is 0 Å². The number of benzene rings is 1. The molecule has 1 aliphatic heterocycles. The van der Waals surface area contributed by atoms with E-state index in [2.05, 4.69) is 28.0 Å². The first-order valence-electron chi connectivity index (χ1n) is 9.58. The molecule has 7 nitrogen and oxygen atoms in total. The van der Waals surface area contributed by atoms with Gasteiger partial charge in [-0.1, -0.05) is 6.92 Å². The second-order valence-electron chi connectivity index (χ2n) is 7.22. The van der Waals surface area contributed by atoms with Crippen LogP contribution in [0.3, 0.4) is 0 Å². The molecule has 0 aliphatic carbocycles. The summed E-state index contributed by atoms with van der Waals surface area (Å²) in [6.45, 7) is 4.72. The number of nitrogens with zero attached hydrogens (tertiary/aromatic N) is 5. The van der Waals surface area contributed by atoms with E-state index in [1.165, 1.54) is 16.8 Å². The molecular weight excluding hydrogens is 484 g/mol. The molecule has 2 heterocycles. The van der Waals surface area contributed by atoms with Crippen LogP contribution >= 0.6 is 24.0 Å². The Kier molecular flexibility index (Phi) is 8.25. The van der Waals surface area contributed by atoms with E-state index in [4.69, 9.17) is 11.5 Å². The summed E-state index contributed by atoms with van der Waals surface area (Å²) in [5.41, 5.74) is 13.8. The summed E-state index contributed by atoms with van der Waals surface area (Å²) in [6.07, 6.45) is 3.55. The number of halogens is 2. The first-order valence-corrected chi connectivity index (χ1v) is 9.58. The maximum atomic E-state index is 13.1. The predicted octanol–water partition coefficient (Wildman–Crippen LogP) is 3.06. The monoisotopic (exact) mass is 511 g/mol. The number of hydrogen-bond acceptors (Lipinski definition) is 4. The molecule has 1 fully saturated rings. The number of hydrogen-bond donors (Lipinski definition) is 2. The molecule has 1 aromatic heterocycles. The second kappa shape index (κ2) is 10.4. The van der Waals surface area contributed by atoms with Crippen molar-refractivity contribution in [2.75, 3.05) is 25.4 Å². The van der Waals surface area contributed by atoms with Crippen molar-refractivity contribution < 1.29 is 4.39 Å². The van der Waals surface area contributed by atoms with Gasteiger partial charge in [0, 0.05) is 19.6 Å². The molecule has 4 N–H and O–H groups in total. The van der Waals surface area contributed by atoms with Crippen LogP contribution in [0.25, 0.3) is 5.69 Å². The Morgan fingerprint density at radius 1 is 1.31 bits per heavy atom. The van der Waals surface area contributed by atoms with Crippen LogP contribution in [-0.4, -0.2) is 40.3 Å². The SMILES string of the molecule is CC1CCN(C(N)=NCCCc2nn(-c3ccc(F)cc3)c(N)c2C#N)CC1.I. The van der Waals surface area contributed by atoms with Crippen molar-refractivity contribution >= 4 is 35.8 Å². The molecule has 3 rings (SSSR count). The summed E-state index contributed by atoms with van der Waals surface area (Å²) < 4.78 is 14.6. The van der Waals surface area contributed by atoms with Gasteiger partial charge in [-0.2, -0.15) is 10.4 Å². The van der Waals surface area contributed by atoms with E-state index in [0.29, 0.717) is 42.3 Å². The van der Waals surface area contributed by atoms with Gasteiger partial charge in [0.15, 0.2) is 5.96 Å². The van der Waals surface area contributed by atoms with Crippen molar-refractivity contribution in [3.63, 3.8) is 0 Å². The van der Waals surface area contributed by atoms with E-state index in [9.17, 15) is 9.65 Å². The molecular formula is C20H27FIN7. The fraction of sp³-hybridized carbons (Fsp3) is 0.450. The summed E-state index contributed by atoms with van der Waals surface area (Å²) >= 11 is 0. The summed E-state index contributed by atoms with van der Waals surface area (Å²) in [6, 6.07) is 7.94. The molecule has 0 bridgehead atoms. The maximum absolute atomic E-state index is 13.1. The molecule has 0 spiro atoms. The van der Waals surface area contributed by atoms with Crippen molar-refractivity contribution in [3.05, 3.63) is 41.3 Å². The molecule has 29 heavy (non-hydrogen) atoms. The number of aromatic nitrogens is 2. The van der Waals surface area contributed by atoms with Crippen LogP contribution in [-0.2, 0) is 6.42 Å². The van der Waals surface area contributed by atoms with Gasteiger partial charge < -0.3 is 16.4 Å². The lowest BCUT2D eigenvalue weighted by Crippen LogP contribution is -2.42. The lowest BCUT2D eigenvalue weighted by molar-refractivity contribution is 0.277. The Labute approximate surface area is 187 Å². The van der Waals surface area contributed by atoms with Gasteiger partial charge in [-0.25, -0.2) is 9.07 Å². The van der Waals surface area contributed by atoms with E-state index in [1.807, 2.05) is 0 Å². The topological polar surface area (TPSA) is 109 Å². The summed E-state index contributed by atoms with van der Waals surface area (Å²) in [4.78, 5) is 6.60. The fourth-order valence-corrected chi connectivity index (χ4v) is 3.33. The molecule has 0 amide bonds. The average Bonchev–Trinajstić information content (AvgIpc) is 3.01. The minimum Gasteiger partial charge on any atom is -0.382 e. The Morgan fingerprint density at radius 2 is 1.97 bits per heavy atom. The summed E-state index contributed by atoms with van der Waals surface area (Å²) in [5, 5.41) is 13.9. The Morgan fingerprint density at radius 3 is 2.59 bits per heavy atom. The Bertz CT molecular complexity index is 877.